The number of hydrogen-bond donors (Lipinski definition) is 1. The number of pyridine rings is 1. The van der Waals surface area contributed by atoms with E-state index in [2.05, 4.69) is 10.3 Å². The van der Waals surface area contributed by atoms with Crippen LogP contribution in [0.1, 0.15) is 18.5 Å². The van der Waals surface area contributed by atoms with Crippen LogP contribution in [0.15, 0.2) is 29.1 Å². The summed E-state index contributed by atoms with van der Waals surface area (Å²) in [6, 6.07) is 3.20. The number of rotatable bonds is 4. The van der Waals surface area contributed by atoms with Gasteiger partial charge in [0, 0.05) is 12.3 Å². The van der Waals surface area contributed by atoms with Gasteiger partial charge in [0.05, 0.1) is 16.0 Å². The van der Waals surface area contributed by atoms with Gasteiger partial charge in [-0.2, -0.15) is 11.3 Å². The monoisotopic (exact) mass is 283 g/mol. The maximum Gasteiger partial charge on any atom is 0.312 e. The van der Waals surface area contributed by atoms with Crippen molar-refractivity contribution in [2.24, 2.45) is 0 Å². The minimum absolute atomic E-state index is 0.0522. The molecule has 0 aliphatic rings. The topological polar surface area (TPSA) is 68.1 Å². The molecule has 2 heterocycles. The van der Waals surface area contributed by atoms with E-state index in [1.165, 1.54) is 12.3 Å². The van der Waals surface area contributed by atoms with Crippen molar-refractivity contribution >= 4 is 34.4 Å². The molecule has 2 aromatic rings. The van der Waals surface area contributed by atoms with Crippen LogP contribution in [-0.2, 0) is 0 Å². The molecule has 0 aliphatic heterocycles. The third kappa shape index (κ3) is 2.77. The van der Waals surface area contributed by atoms with Crippen molar-refractivity contribution in [1.29, 1.82) is 0 Å². The molecular weight excluding hydrogens is 274 g/mol. The van der Waals surface area contributed by atoms with E-state index in [0.29, 0.717) is 0 Å². The second-order valence-electron chi connectivity index (χ2n) is 3.70. The highest BCUT2D eigenvalue weighted by atomic mass is 35.5. The van der Waals surface area contributed by atoms with Crippen molar-refractivity contribution in [3.05, 3.63) is 49.8 Å². The van der Waals surface area contributed by atoms with Crippen LogP contribution in [0, 0.1) is 10.1 Å². The third-order valence-electron chi connectivity index (χ3n) is 2.43. The highest BCUT2D eigenvalue weighted by molar-refractivity contribution is 7.07. The number of thiophene rings is 1. The van der Waals surface area contributed by atoms with E-state index in [4.69, 9.17) is 11.6 Å². The van der Waals surface area contributed by atoms with Crippen LogP contribution in [0.2, 0.25) is 5.02 Å². The zero-order valence-corrected chi connectivity index (χ0v) is 11.0. The summed E-state index contributed by atoms with van der Waals surface area (Å²) in [6.07, 6.45) is 1.39. The smallest absolute Gasteiger partial charge is 0.312 e. The van der Waals surface area contributed by atoms with E-state index < -0.39 is 4.92 Å². The average molecular weight is 284 g/mol. The predicted molar refractivity (Wildman–Crippen MR) is 72.3 cm³/mol. The quantitative estimate of drug-likeness (QED) is 0.683. The highest BCUT2D eigenvalue weighted by Crippen LogP contribution is 2.28. The zero-order valence-electron chi connectivity index (χ0n) is 9.46. The Labute approximate surface area is 113 Å². The van der Waals surface area contributed by atoms with Crippen LogP contribution in [0.5, 0.6) is 0 Å². The van der Waals surface area contributed by atoms with Crippen LogP contribution < -0.4 is 5.32 Å². The maximum absolute atomic E-state index is 10.9. The van der Waals surface area contributed by atoms with Crippen molar-refractivity contribution in [1.82, 2.24) is 4.98 Å². The Bertz CT molecular complexity index is 559. The van der Waals surface area contributed by atoms with E-state index in [9.17, 15) is 10.1 Å². The average Bonchev–Trinajstić information content (AvgIpc) is 2.84. The largest absolute Gasteiger partial charge is 0.358 e. The van der Waals surface area contributed by atoms with Gasteiger partial charge in [-0.1, -0.05) is 11.6 Å². The summed E-state index contributed by atoms with van der Waals surface area (Å²) in [4.78, 5) is 14.4. The molecule has 0 fully saturated rings. The molecule has 0 bridgehead atoms. The van der Waals surface area contributed by atoms with E-state index in [1.807, 2.05) is 23.8 Å². The van der Waals surface area contributed by atoms with E-state index >= 15 is 0 Å². The summed E-state index contributed by atoms with van der Waals surface area (Å²) in [5, 5.41) is 18.1. The minimum atomic E-state index is -0.498. The summed E-state index contributed by atoms with van der Waals surface area (Å²) in [5.74, 6) is 0.225. The molecule has 94 valence electrons. The molecular formula is C11H10ClN3O2S. The first-order valence-corrected chi connectivity index (χ1v) is 6.48. The van der Waals surface area contributed by atoms with Gasteiger partial charge in [0.2, 0.25) is 5.82 Å². The van der Waals surface area contributed by atoms with Crippen LogP contribution in [-0.4, -0.2) is 9.91 Å². The molecule has 1 unspecified atom stereocenters. The van der Waals surface area contributed by atoms with Crippen molar-refractivity contribution in [3.8, 4) is 0 Å². The lowest BCUT2D eigenvalue weighted by Gasteiger charge is -2.13. The zero-order chi connectivity index (χ0) is 13.1. The molecule has 0 aliphatic carbocycles. The van der Waals surface area contributed by atoms with Gasteiger partial charge < -0.3 is 5.32 Å². The Kier molecular flexibility index (Phi) is 3.78. The SMILES string of the molecule is CC(Nc1ncc(Cl)cc1[N+](=O)[O-])c1ccsc1. The predicted octanol–water partition coefficient (Wildman–Crippen LogP) is 3.88. The Morgan fingerprint density at radius 1 is 1.61 bits per heavy atom. The number of nitro groups is 1. The van der Waals surface area contributed by atoms with Gasteiger partial charge in [-0.15, -0.1) is 0 Å². The summed E-state index contributed by atoms with van der Waals surface area (Å²) in [7, 11) is 0. The maximum atomic E-state index is 10.9. The first-order valence-electron chi connectivity index (χ1n) is 5.16. The number of anilines is 1. The second-order valence-corrected chi connectivity index (χ2v) is 4.92. The van der Waals surface area contributed by atoms with Crippen LogP contribution in [0.25, 0.3) is 0 Å². The van der Waals surface area contributed by atoms with Crippen molar-refractivity contribution in [2.75, 3.05) is 5.32 Å². The second kappa shape index (κ2) is 5.32. The summed E-state index contributed by atoms with van der Waals surface area (Å²) >= 11 is 7.28. The Morgan fingerprint density at radius 2 is 2.39 bits per heavy atom. The normalized spacial score (nSPS) is 12.1. The van der Waals surface area contributed by atoms with E-state index in [-0.39, 0.29) is 22.6 Å². The summed E-state index contributed by atoms with van der Waals surface area (Å²) in [6.45, 7) is 1.92. The number of hydrogen-bond acceptors (Lipinski definition) is 5. The fourth-order valence-corrected chi connectivity index (χ4v) is 2.40. The Hall–Kier alpha value is -1.66. The number of nitrogens with one attached hydrogen (secondary N) is 1. The third-order valence-corrected chi connectivity index (χ3v) is 3.34. The molecule has 0 saturated heterocycles. The van der Waals surface area contributed by atoms with Gasteiger partial charge in [0.15, 0.2) is 0 Å². The standard InChI is InChI=1S/C11H10ClN3O2S/c1-7(8-2-3-18-6-8)14-11-10(15(16)17)4-9(12)5-13-11/h2-7H,1H3,(H,13,14). The first kappa shape index (κ1) is 12.8. The van der Waals surface area contributed by atoms with E-state index in [0.717, 1.165) is 5.56 Å². The highest BCUT2D eigenvalue weighted by Gasteiger charge is 2.18. The fourth-order valence-electron chi connectivity index (χ4n) is 1.49. The molecule has 0 spiro atoms. The first-order chi connectivity index (χ1) is 8.58. The molecule has 5 nitrogen and oxygen atoms in total. The van der Waals surface area contributed by atoms with E-state index in [1.54, 1.807) is 11.3 Å². The molecule has 0 saturated carbocycles. The molecule has 1 N–H and O–H groups in total. The molecule has 2 rings (SSSR count). The van der Waals surface area contributed by atoms with Gasteiger partial charge in [-0.25, -0.2) is 4.98 Å². The van der Waals surface area contributed by atoms with Crippen LogP contribution in [0.3, 0.4) is 0 Å². The lowest BCUT2D eigenvalue weighted by molar-refractivity contribution is -0.384. The Balaban J connectivity index is 2.26. The minimum Gasteiger partial charge on any atom is -0.358 e. The molecule has 0 aromatic carbocycles. The molecule has 18 heavy (non-hydrogen) atoms. The molecule has 2 aromatic heterocycles. The van der Waals surface area contributed by atoms with Gasteiger partial charge in [-0.3, -0.25) is 10.1 Å². The van der Waals surface area contributed by atoms with Gasteiger partial charge in [-0.05, 0) is 29.3 Å². The van der Waals surface area contributed by atoms with Crippen LogP contribution >= 0.6 is 22.9 Å². The summed E-state index contributed by atoms with van der Waals surface area (Å²) < 4.78 is 0. The number of aromatic nitrogens is 1. The lowest BCUT2D eigenvalue weighted by Crippen LogP contribution is -2.09. The fraction of sp³-hybridized carbons (Fsp3) is 0.182. The molecule has 0 amide bonds. The Morgan fingerprint density at radius 3 is 3.00 bits per heavy atom. The van der Waals surface area contributed by atoms with Crippen molar-refractivity contribution in [3.63, 3.8) is 0 Å². The molecule has 0 radical (unpaired) electrons. The number of halogens is 1. The van der Waals surface area contributed by atoms with Crippen molar-refractivity contribution in [2.45, 2.75) is 13.0 Å². The van der Waals surface area contributed by atoms with Crippen molar-refractivity contribution < 1.29 is 4.92 Å². The lowest BCUT2D eigenvalue weighted by atomic mass is 10.2. The number of nitrogens with zero attached hydrogens (tertiary/aromatic N) is 2. The van der Waals surface area contributed by atoms with Gasteiger partial charge >= 0.3 is 5.69 Å². The van der Waals surface area contributed by atoms with Gasteiger partial charge in [0.1, 0.15) is 0 Å². The summed E-state index contributed by atoms with van der Waals surface area (Å²) in [5.41, 5.74) is 0.940. The van der Waals surface area contributed by atoms with Crippen LogP contribution in [0.4, 0.5) is 11.5 Å². The molecule has 7 heteroatoms. The molecule has 1 atom stereocenters. The van der Waals surface area contributed by atoms with Gasteiger partial charge in [0.25, 0.3) is 0 Å².